The highest BCUT2D eigenvalue weighted by atomic mass is 35.5. The van der Waals surface area contributed by atoms with E-state index < -0.39 is 0 Å². The predicted octanol–water partition coefficient (Wildman–Crippen LogP) is 6.84. The van der Waals surface area contributed by atoms with E-state index in [0.717, 1.165) is 66.9 Å². The number of halogens is 2. The van der Waals surface area contributed by atoms with Gasteiger partial charge >= 0.3 is 5.97 Å². The second-order valence-corrected chi connectivity index (χ2v) is 9.96. The minimum absolute atomic E-state index is 0.312. The number of allylic oxidation sites excluding steroid dienone is 1. The fraction of sp³-hybridized carbons (Fsp3) is 0.276. The number of carbonyl (C=O) groups excluding carboxylic acids is 1. The molecule has 0 saturated carbocycles. The third-order valence-corrected chi connectivity index (χ3v) is 7.41. The molecule has 0 amide bonds. The number of nitrogens with one attached hydrogen (secondary N) is 1. The highest BCUT2D eigenvalue weighted by Crippen LogP contribution is 2.42. The van der Waals surface area contributed by atoms with Crippen LogP contribution in [0.1, 0.15) is 51.0 Å². The van der Waals surface area contributed by atoms with Crippen LogP contribution in [0.4, 0.5) is 0 Å². The largest absolute Gasteiger partial charge is 0.465 e. The van der Waals surface area contributed by atoms with Crippen LogP contribution in [-0.2, 0) is 17.6 Å². The summed E-state index contributed by atoms with van der Waals surface area (Å²) < 4.78 is 4.96. The first-order chi connectivity index (χ1) is 16.5. The molecule has 0 bridgehead atoms. The van der Waals surface area contributed by atoms with E-state index in [1.807, 2.05) is 30.3 Å². The van der Waals surface area contributed by atoms with Gasteiger partial charge in [-0.05, 0) is 108 Å². The van der Waals surface area contributed by atoms with Gasteiger partial charge in [0.1, 0.15) is 0 Å². The number of rotatable bonds is 5. The Balaban J connectivity index is 1.65. The van der Waals surface area contributed by atoms with Crippen molar-refractivity contribution in [2.24, 2.45) is 5.92 Å². The number of esters is 1. The molecule has 2 aliphatic rings. The number of hydrogen-bond donors (Lipinski definition) is 1. The molecule has 3 aromatic carbocycles. The number of ether oxygens (including phenoxy) is 1. The minimum Gasteiger partial charge on any atom is -0.465 e. The molecule has 1 aliphatic heterocycles. The van der Waals surface area contributed by atoms with Gasteiger partial charge in [0.05, 0.1) is 12.7 Å². The topological polar surface area (TPSA) is 38.3 Å². The van der Waals surface area contributed by atoms with Crippen molar-refractivity contribution in [3.8, 4) is 0 Å². The summed E-state index contributed by atoms with van der Waals surface area (Å²) in [5.41, 5.74) is 8.78. The van der Waals surface area contributed by atoms with E-state index in [1.165, 1.54) is 23.8 Å². The molecule has 34 heavy (non-hydrogen) atoms. The normalized spacial score (nSPS) is 16.0. The summed E-state index contributed by atoms with van der Waals surface area (Å²) in [6, 6.07) is 20.6. The zero-order chi connectivity index (χ0) is 23.7. The first-order valence-corrected chi connectivity index (χ1v) is 12.5. The molecule has 5 rings (SSSR count). The molecule has 0 radical (unpaired) electrons. The smallest absolute Gasteiger partial charge is 0.337 e. The Morgan fingerprint density at radius 1 is 0.971 bits per heavy atom. The van der Waals surface area contributed by atoms with E-state index in [-0.39, 0.29) is 5.97 Å². The average molecular weight is 492 g/mol. The van der Waals surface area contributed by atoms with Crippen LogP contribution in [0.2, 0.25) is 10.0 Å². The Bertz CT molecular complexity index is 1260. The molecule has 1 heterocycles. The van der Waals surface area contributed by atoms with Gasteiger partial charge in [-0.2, -0.15) is 0 Å². The Morgan fingerprint density at radius 2 is 1.74 bits per heavy atom. The van der Waals surface area contributed by atoms with Gasteiger partial charge in [-0.1, -0.05) is 59.6 Å². The van der Waals surface area contributed by atoms with E-state index in [9.17, 15) is 4.79 Å². The van der Waals surface area contributed by atoms with Crippen LogP contribution in [0, 0.1) is 5.92 Å². The highest BCUT2D eigenvalue weighted by molar-refractivity contribution is 6.36. The lowest BCUT2D eigenvalue weighted by Crippen LogP contribution is -2.43. The lowest BCUT2D eigenvalue weighted by atomic mass is 9.86. The molecule has 1 fully saturated rings. The fourth-order valence-electron chi connectivity index (χ4n) is 5.00. The van der Waals surface area contributed by atoms with Crippen LogP contribution in [0.5, 0.6) is 0 Å². The molecule has 1 aliphatic carbocycles. The molecule has 0 unspecified atom stereocenters. The molecule has 3 nitrogen and oxygen atoms in total. The summed E-state index contributed by atoms with van der Waals surface area (Å²) in [7, 11) is 1.42. The van der Waals surface area contributed by atoms with Crippen molar-refractivity contribution >= 4 is 40.3 Å². The van der Waals surface area contributed by atoms with Crippen LogP contribution >= 0.6 is 23.2 Å². The third kappa shape index (κ3) is 4.65. The van der Waals surface area contributed by atoms with Gasteiger partial charge in [0.2, 0.25) is 0 Å². The van der Waals surface area contributed by atoms with Gasteiger partial charge in [0.25, 0.3) is 0 Å². The summed E-state index contributed by atoms with van der Waals surface area (Å²) in [6.07, 6.45) is 3.82. The first kappa shape index (κ1) is 23.2. The van der Waals surface area contributed by atoms with Gasteiger partial charge in [-0.3, -0.25) is 0 Å². The summed E-state index contributed by atoms with van der Waals surface area (Å²) in [5.74, 6) is 0.414. The first-order valence-electron chi connectivity index (χ1n) is 11.7. The van der Waals surface area contributed by atoms with Gasteiger partial charge in [0, 0.05) is 10.0 Å². The lowest BCUT2D eigenvalue weighted by Gasteiger charge is -2.27. The number of fused-ring (bicyclic) bond motifs is 1. The van der Waals surface area contributed by atoms with Gasteiger partial charge in [-0.25, -0.2) is 4.79 Å². The van der Waals surface area contributed by atoms with Gasteiger partial charge < -0.3 is 10.1 Å². The van der Waals surface area contributed by atoms with Crippen LogP contribution in [0.15, 0.2) is 60.7 Å². The van der Waals surface area contributed by atoms with Crippen LogP contribution in [-0.4, -0.2) is 26.2 Å². The van der Waals surface area contributed by atoms with E-state index >= 15 is 0 Å². The van der Waals surface area contributed by atoms with Crippen LogP contribution < -0.4 is 5.32 Å². The average Bonchev–Trinajstić information content (AvgIpc) is 3.00. The minimum atomic E-state index is -0.312. The summed E-state index contributed by atoms with van der Waals surface area (Å²) in [4.78, 5) is 12.2. The Morgan fingerprint density at radius 3 is 2.41 bits per heavy atom. The number of methoxy groups -OCH3 is 1. The van der Waals surface area contributed by atoms with Crippen LogP contribution in [0.3, 0.4) is 0 Å². The molecule has 3 aromatic rings. The van der Waals surface area contributed by atoms with E-state index in [4.69, 9.17) is 27.9 Å². The predicted molar refractivity (Wildman–Crippen MR) is 140 cm³/mol. The Kier molecular flexibility index (Phi) is 6.78. The summed E-state index contributed by atoms with van der Waals surface area (Å²) in [5, 5.41) is 4.63. The fourth-order valence-corrected chi connectivity index (χ4v) is 5.52. The Labute approximate surface area is 210 Å². The molecular formula is C29H27Cl2NO2. The van der Waals surface area contributed by atoms with Crippen molar-refractivity contribution in [3.63, 3.8) is 0 Å². The number of benzene rings is 3. The number of aryl methyl sites for hydroxylation is 1. The van der Waals surface area contributed by atoms with Crippen LogP contribution in [0.25, 0.3) is 11.1 Å². The molecular weight excluding hydrogens is 465 g/mol. The zero-order valence-corrected chi connectivity index (χ0v) is 20.7. The molecule has 0 aromatic heterocycles. The molecule has 0 spiro atoms. The molecule has 5 heteroatoms. The molecule has 174 valence electrons. The van der Waals surface area contributed by atoms with Crippen molar-refractivity contribution in [2.75, 3.05) is 20.2 Å². The highest BCUT2D eigenvalue weighted by Gasteiger charge is 2.23. The third-order valence-electron chi connectivity index (χ3n) is 6.86. The van der Waals surface area contributed by atoms with Crippen molar-refractivity contribution < 1.29 is 9.53 Å². The monoisotopic (exact) mass is 491 g/mol. The van der Waals surface area contributed by atoms with Crippen molar-refractivity contribution in [1.29, 1.82) is 0 Å². The maximum Gasteiger partial charge on any atom is 0.337 e. The van der Waals surface area contributed by atoms with E-state index in [2.05, 4.69) is 35.6 Å². The van der Waals surface area contributed by atoms with Gasteiger partial charge in [0.15, 0.2) is 0 Å². The van der Waals surface area contributed by atoms with E-state index in [0.29, 0.717) is 15.6 Å². The second kappa shape index (κ2) is 9.95. The second-order valence-electron chi connectivity index (χ2n) is 9.12. The maximum absolute atomic E-state index is 12.2. The molecule has 1 saturated heterocycles. The Hall–Kier alpha value is -2.59. The van der Waals surface area contributed by atoms with Crippen molar-refractivity contribution in [1.82, 2.24) is 5.32 Å². The van der Waals surface area contributed by atoms with Crippen molar-refractivity contribution in [3.05, 3.63) is 104 Å². The van der Waals surface area contributed by atoms with Crippen molar-refractivity contribution in [2.45, 2.75) is 25.7 Å². The SMILES string of the molecule is COC(=O)c1ccc2c(c1)CCCC(c1ccc(Cl)cc1Cl)=C2c1ccc(CC2CNC2)cc1. The standard InChI is InChI=1S/C29H27Cl2NO2/c1-34-29(33)22-9-11-24-21(14-22)3-2-4-26(25-12-10-23(30)15-27(25)31)28(24)20-7-5-18(6-8-20)13-19-16-32-17-19/h5-12,14-15,19,32H,2-4,13,16-17H2,1H3. The summed E-state index contributed by atoms with van der Waals surface area (Å²) >= 11 is 12.9. The lowest BCUT2D eigenvalue weighted by molar-refractivity contribution is 0.0600. The van der Waals surface area contributed by atoms with Gasteiger partial charge in [-0.15, -0.1) is 0 Å². The number of carbonyl (C=O) groups is 1. The quantitative estimate of drug-likeness (QED) is 0.397. The molecule has 0 atom stereocenters. The number of hydrogen-bond acceptors (Lipinski definition) is 3. The van der Waals surface area contributed by atoms with E-state index in [1.54, 1.807) is 0 Å². The maximum atomic E-state index is 12.2. The molecule has 1 N–H and O–H groups in total. The zero-order valence-electron chi connectivity index (χ0n) is 19.2. The summed E-state index contributed by atoms with van der Waals surface area (Å²) in [6.45, 7) is 2.20.